The summed E-state index contributed by atoms with van der Waals surface area (Å²) in [6.07, 6.45) is 3.49. The van der Waals surface area contributed by atoms with Crippen molar-refractivity contribution in [3.8, 4) is 5.75 Å². The minimum absolute atomic E-state index is 0.0216. The molecule has 0 radical (unpaired) electrons. The molecule has 30 heavy (non-hydrogen) atoms. The molecule has 0 saturated heterocycles. The Balaban J connectivity index is 1.68. The van der Waals surface area contributed by atoms with E-state index in [1.807, 2.05) is 24.3 Å². The Morgan fingerprint density at radius 1 is 1.10 bits per heavy atom. The highest BCUT2D eigenvalue weighted by Gasteiger charge is 2.52. The number of halogens is 2. The first-order valence-corrected chi connectivity index (χ1v) is 10.1. The van der Waals surface area contributed by atoms with Crippen LogP contribution < -0.4 is 4.74 Å². The molecule has 3 aromatic rings. The largest absolute Gasteiger partial charge is 0.493 e. The Labute approximate surface area is 175 Å². The Bertz CT molecular complexity index is 1170. The van der Waals surface area contributed by atoms with Gasteiger partial charge in [0, 0.05) is 35.5 Å². The highest BCUT2D eigenvalue weighted by molar-refractivity contribution is 8.15. The van der Waals surface area contributed by atoms with E-state index in [4.69, 9.17) is 4.74 Å². The molecule has 5 nitrogen and oxygen atoms in total. The maximum atomic E-state index is 14.5. The maximum Gasteiger partial charge on any atom is 0.275 e. The lowest BCUT2D eigenvalue weighted by molar-refractivity contribution is 0.0585. The van der Waals surface area contributed by atoms with Crippen LogP contribution in [0.25, 0.3) is 0 Å². The molecule has 8 heteroatoms. The van der Waals surface area contributed by atoms with Crippen LogP contribution >= 0.6 is 11.8 Å². The summed E-state index contributed by atoms with van der Waals surface area (Å²) in [5.74, 6) is -0.889. The number of nitrogens with zero attached hydrogens (tertiary/aromatic N) is 3. The van der Waals surface area contributed by atoms with Crippen LogP contribution in [-0.2, 0) is 4.87 Å². The molecule has 0 fully saturated rings. The molecular formula is C22H15F2N3O2S. The number of hydrazone groups is 1. The van der Waals surface area contributed by atoms with Crippen LogP contribution in [0.1, 0.15) is 27.9 Å². The molecule has 2 aromatic carbocycles. The second kappa shape index (κ2) is 7.21. The SMILES string of the molecule is O=C(c1ccncc1)N1N=C(c2cc(F)ccc2F)SC12CCOc1ccccc12. The molecule has 0 aliphatic carbocycles. The molecule has 1 aromatic heterocycles. The highest BCUT2D eigenvalue weighted by atomic mass is 32.2. The summed E-state index contributed by atoms with van der Waals surface area (Å²) in [6.45, 7) is 0.360. The molecule has 0 N–H and O–H groups in total. The van der Waals surface area contributed by atoms with Crippen LogP contribution in [0.3, 0.4) is 0 Å². The number of ether oxygens (including phenoxy) is 1. The van der Waals surface area contributed by atoms with Gasteiger partial charge in [-0.1, -0.05) is 30.0 Å². The zero-order valence-corrected chi connectivity index (χ0v) is 16.4. The lowest BCUT2D eigenvalue weighted by Crippen LogP contribution is -2.44. The van der Waals surface area contributed by atoms with E-state index >= 15 is 0 Å². The van der Waals surface area contributed by atoms with E-state index in [0.29, 0.717) is 24.3 Å². The van der Waals surface area contributed by atoms with Gasteiger partial charge >= 0.3 is 0 Å². The first kappa shape index (κ1) is 18.7. The number of thioether (sulfide) groups is 1. The minimum Gasteiger partial charge on any atom is -0.493 e. The second-order valence-electron chi connectivity index (χ2n) is 6.86. The van der Waals surface area contributed by atoms with Crippen molar-refractivity contribution in [1.82, 2.24) is 9.99 Å². The van der Waals surface area contributed by atoms with Crippen molar-refractivity contribution in [3.05, 3.63) is 95.3 Å². The summed E-state index contributed by atoms with van der Waals surface area (Å²) >= 11 is 1.24. The first-order valence-electron chi connectivity index (χ1n) is 9.28. The number of pyridine rings is 1. The van der Waals surface area contributed by atoms with Gasteiger partial charge < -0.3 is 4.74 Å². The van der Waals surface area contributed by atoms with Gasteiger partial charge in [-0.15, -0.1) is 0 Å². The molecule has 1 unspecified atom stereocenters. The van der Waals surface area contributed by atoms with E-state index in [9.17, 15) is 13.6 Å². The Morgan fingerprint density at radius 3 is 2.73 bits per heavy atom. The number of fused-ring (bicyclic) bond motifs is 2. The van der Waals surface area contributed by atoms with E-state index in [1.54, 1.807) is 12.1 Å². The van der Waals surface area contributed by atoms with Crippen LogP contribution in [0.2, 0.25) is 0 Å². The number of aromatic nitrogens is 1. The van der Waals surface area contributed by atoms with E-state index < -0.39 is 16.5 Å². The van der Waals surface area contributed by atoms with E-state index in [1.165, 1.54) is 29.2 Å². The molecule has 1 atom stereocenters. The van der Waals surface area contributed by atoms with E-state index in [2.05, 4.69) is 10.1 Å². The number of amides is 1. The number of hydrogen-bond acceptors (Lipinski definition) is 5. The predicted molar refractivity (Wildman–Crippen MR) is 109 cm³/mol. The van der Waals surface area contributed by atoms with Gasteiger partial charge in [0.05, 0.1) is 6.61 Å². The third-order valence-corrected chi connectivity index (χ3v) is 6.51. The van der Waals surface area contributed by atoms with Gasteiger partial charge in [-0.2, -0.15) is 5.10 Å². The van der Waals surface area contributed by atoms with Gasteiger partial charge in [-0.25, -0.2) is 13.8 Å². The summed E-state index contributed by atoms with van der Waals surface area (Å²) in [6, 6.07) is 13.8. The summed E-state index contributed by atoms with van der Waals surface area (Å²) in [4.78, 5) is 16.5. The molecule has 0 bridgehead atoms. The Hall–Kier alpha value is -3.26. The third kappa shape index (κ3) is 2.95. The van der Waals surface area contributed by atoms with E-state index in [-0.39, 0.29) is 16.5 Å². The minimum atomic E-state index is -0.927. The highest BCUT2D eigenvalue weighted by Crippen LogP contribution is 2.54. The van der Waals surface area contributed by atoms with Crippen molar-refractivity contribution >= 4 is 22.7 Å². The van der Waals surface area contributed by atoms with E-state index in [0.717, 1.165) is 23.8 Å². The predicted octanol–water partition coefficient (Wildman–Crippen LogP) is 4.55. The second-order valence-corrected chi connectivity index (χ2v) is 8.13. The lowest BCUT2D eigenvalue weighted by atomic mass is 9.98. The smallest absolute Gasteiger partial charge is 0.275 e. The van der Waals surface area contributed by atoms with Crippen LogP contribution in [-0.4, -0.2) is 27.6 Å². The summed E-state index contributed by atoms with van der Waals surface area (Å²) in [5, 5.41) is 6.10. The van der Waals surface area contributed by atoms with Crippen molar-refractivity contribution < 1.29 is 18.3 Å². The fourth-order valence-electron chi connectivity index (χ4n) is 3.67. The lowest BCUT2D eigenvalue weighted by Gasteiger charge is -2.39. The monoisotopic (exact) mass is 423 g/mol. The zero-order chi connectivity index (χ0) is 20.7. The summed E-state index contributed by atoms with van der Waals surface area (Å²) in [7, 11) is 0. The Morgan fingerprint density at radius 2 is 1.90 bits per heavy atom. The molecule has 150 valence electrons. The number of rotatable bonds is 2. The average molecular weight is 423 g/mol. The topological polar surface area (TPSA) is 54.8 Å². The quantitative estimate of drug-likeness (QED) is 0.607. The van der Waals surface area contributed by atoms with Crippen LogP contribution in [0.5, 0.6) is 5.75 Å². The fourth-order valence-corrected chi connectivity index (χ4v) is 5.05. The van der Waals surface area contributed by atoms with Gasteiger partial charge in [0.1, 0.15) is 27.3 Å². The molecule has 5 rings (SSSR count). The molecule has 2 aliphatic heterocycles. The van der Waals surface area contributed by atoms with Gasteiger partial charge in [-0.05, 0) is 36.4 Å². The van der Waals surface area contributed by atoms with Crippen LogP contribution in [0.4, 0.5) is 8.78 Å². The standard InChI is InChI=1S/C22H15F2N3O2S/c23-15-5-6-18(24)16(13-15)20-26-27(21(28)14-7-10-25-11-8-14)22(30-20)9-12-29-19-4-2-1-3-17(19)22/h1-8,10-11,13H,9,12H2. The normalized spacial score (nSPS) is 19.9. The number of carbonyl (C=O) groups is 1. The molecule has 3 heterocycles. The van der Waals surface area contributed by atoms with Crippen molar-refractivity contribution in [2.45, 2.75) is 11.3 Å². The molecular weight excluding hydrogens is 408 g/mol. The first-order chi connectivity index (χ1) is 14.6. The number of para-hydroxylation sites is 1. The third-order valence-electron chi connectivity index (χ3n) is 5.08. The number of carbonyl (C=O) groups excluding carboxylic acids is 1. The van der Waals surface area contributed by atoms with Crippen LogP contribution in [0, 0.1) is 11.6 Å². The number of hydrogen-bond donors (Lipinski definition) is 0. The Kier molecular flexibility index (Phi) is 4.51. The average Bonchev–Trinajstić information content (AvgIpc) is 3.15. The van der Waals surface area contributed by atoms with Crippen molar-refractivity contribution in [2.24, 2.45) is 5.10 Å². The zero-order valence-electron chi connectivity index (χ0n) is 15.6. The maximum absolute atomic E-state index is 14.5. The van der Waals surface area contributed by atoms with Gasteiger partial charge in [0.25, 0.3) is 5.91 Å². The van der Waals surface area contributed by atoms with Gasteiger partial charge in [-0.3, -0.25) is 9.78 Å². The number of benzene rings is 2. The molecule has 1 spiro atoms. The van der Waals surface area contributed by atoms with Gasteiger partial charge in [0.2, 0.25) is 0 Å². The van der Waals surface area contributed by atoms with Crippen molar-refractivity contribution in [2.75, 3.05) is 6.61 Å². The summed E-state index contributed by atoms with van der Waals surface area (Å²) < 4.78 is 34.2. The van der Waals surface area contributed by atoms with Crippen molar-refractivity contribution in [3.63, 3.8) is 0 Å². The van der Waals surface area contributed by atoms with Crippen molar-refractivity contribution in [1.29, 1.82) is 0 Å². The molecule has 1 amide bonds. The van der Waals surface area contributed by atoms with Crippen LogP contribution in [0.15, 0.2) is 72.1 Å². The fraction of sp³-hybridized carbons (Fsp3) is 0.136. The molecule has 0 saturated carbocycles. The summed E-state index contributed by atoms with van der Waals surface area (Å²) in [5.41, 5.74) is 1.19. The van der Waals surface area contributed by atoms with Gasteiger partial charge in [0.15, 0.2) is 0 Å². The molecule has 2 aliphatic rings.